The number of carbonyl (C=O) groups is 1. The van der Waals surface area contributed by atoms with Gasteiger partial charge in [0.05, 0.1) is 5.56 Å². The molecule has 0 spiro atoms. The first-order valence-electron chi connectivity index (χ1n) is 6.86. The molecule has 7 heteroatoms. The SMILES string of the molecule is CC1(C)CCC(C)(C)N1O.O=C(O)c1cc(O)c(O)c(O)c1. The van der Waals surface area contributed by atoms with Crippen molar-refractivity contribution in [2.75, 3.05) is 0 Å². The van der Waals surface area contributed by atoms with E-state index in [9.17, 15) is 10.0 Å². The topological polar surface area (TPSA) is 121 Å². The van der Waals surface area contributed by atoms with Gasteiger partial charge in [0.15, 0.2) is 17.2 Å². The molecule has 0 aromatic heterocycles. The lowest BCUT2D eigenvalue weighted by Gasteiger charge is -2.34. The van der Waals surface area contributed by atoms with E-state index in [2.05, 4.69) is 27.7 Å². The van der Waals surface area contributed by atoms with Crippen LogP contribution >= 0.6 is 0 Å². The van der Waals surface area contributed by atoms with Gasteiger partial charge in [0.2, 0.25) is 0 Å². The van der Waals surface area contributed by atoms with Crippen molar-refractivity contribution in [1.29, 1.82) is 0 Å². The van der Waals surface area contributed by atoms with Crippen LogP contribution in [-0.2, 0) is 0 Å². The number of aromatic hydroxyl groups is 3. The Morgan fingerprint density at radius 3 is 1.59 bits per heavy atom. The lowest BCUT2D eigenvalue weighted by molar-refractivity contribution is -0.191. The van der Waals surface area contributed by atoms with Crippen LogP contribution in [0.15, 0.2) is 12.1 Å². The van der Waals surface area contributed by atoms with E-state index in [1.807, 2.05) is 0 Å². The van der Waals surface area contributed by atoms with Gasteiger partial charge in [-0.2, -0.15) is 5.06 Å². The standard InChI is InChI=1S/C8H17NO.C7H6O5/c1-7(2)5-6-8(3,4)9(7)10;8-4-1-3(7(11)12)2-5(9)6(4)10/h10H,5-6H2,1-4H3;1-2,8-10H,(H,11,12). The van der Waals surface area contributed by atoms with Crippen molar-refractivity contribution in [1.82, 2.24) is 5.06 Å². The third-order valence-corrected chi connectivity index (χ3v) is 3.81. The molecule has 2 rings (SSSR count). The van der Waals surface area contributed by atoms with Gasteiger partial charge in [-0.3, -0.25) is 0 Å². The van der Waals surface area contributed by atoms with E-state index in [0.717, 1.165) is 25.0 Å². The molecule has 0 aliphatic carbocycles. The third-order valence-electron chi connectivity index (χ3n) is 3.81. The lowest BCUT2D eigenvalue weighted by Crippen LogP contribution is -2.45. The fraction of sp³-hybridized carbons (Fsp3) is 0.533. The number of aromatic carboxylic acids is 1. The molecule has 124 valence electrons. The number of nitrogens with zero attached hydrogens (tertiary/aromatic N) is 1. The minimum Gasteiger partial charge on any atom is -0.504 e. The molecular formula is C15H23NO6. The van der Waals surface area contributed by atoms with E-state index in [1.54, 1.807) is 0 Å². The van der Waals surface area contributed by atoms with Crippen LogP contribution in [0.4, 0.5) is 0 Å². The predicted molar refractivity (Wildman–Crippen MR) is 79.4 cm³/mol. The van der Waals surface area contributed by atoms with Crippen molar-refractivity contribution >= 4 is 5.97 Å². The highest BCUT2D eigenvalue weighted by atomic mass is 16.5. The molecule has 1 aliphatic heterocycles. The van der Waals surface area contributed by atoms with E-state index in [4.69, 9.17) is 20.4 Å². The predicted octanol–water partition coefficient (Wildman–Crippen LogP) is 2.53. The summed E-state index contributed by atoms with van der Waals surface area (Å²) >= 11 is 0. The van der Waals surface area contributed by atoms with Crippen molar-refractivity contribution in [3.05, 3.63) is 17.7 Å². The Balaban J connectivity index is 0.000000224. The number of hydrogen-bond acceptors (Lipinski definition) is 6. The van der Waals surface area contributed by atoms with Gasteiger partial charge in [-0.15, -0.1) is 0 Å². The number of hydrogen-bond donors (Lipinski definition) is 5. The Morgan fingerprint density at radius 2 is 1.36 bits per heavy atom. The number of carboxylic acids is 1. The highest BCUT2D eigenvalue weighted by molar-refractivity contribution is 5.89. The monoisotopic (exact) mass is 313 g/mol. The molecule has 1 aromatic rings. The van der Waals surface area contributed by atoms with Crippen molar-refractivity contribution in [2.45, 2.75) is 51.6 Å². The van der Waals surface area contributed by atoms with E-state index in [0.29, 0.717) is 0 Å². The van der Waals surface area contributed by atoms with Gasteiger partial charge in [-0.05, 0) is 52.7 Å². The Labute approximate surface area is 129 Å². The van der Waals surface area contributed by atoms with Gasteiger partial charge in [-0.1, -0.05) is 0 Å². The van der Waals surface area contributed by atoms with Gasteiger partial charge in [-0.25, -0.2) is 4.79 Å². The van der Waals surface area contributed by atoms with Crippen LogP contribution < -0.4 is 0 Å². The van der Waals surface area contributed by atoms with Gasteiger partial charge in [0.1, 0.15) is 0 Å². The molecule has 0 unspecified atom stereocenters. The molecule has 0 amide bonds. The molecule has 7 nitrogen and oxygen atoms in total. The van der Waals surface area contributed by atoms with Crippen LogP contribution in [-0.4, -0.2) is 47.7 Å². The quantitative estimate of drug-likeness (QED) is 0.505. The highest BCUT2D eigenvalue weighted by Gasteiger charge is 2.43. The minimum atomic E-state index is -1.29. The molecular weight excluding hydrogens is 290 g/mol. The summed E-state index contributed by atoms with van der Waals surface area (Å²) in [6.07, 6.45) is 2.16. The maximum atomic E-state index is 10.3. The molecule has 0 radical (unpaired) electrons. The van der Waals surface area contributed by atoms with Crippen LogP contribution in [0.1, 0.15) is 50.9 Å². The second-order valence-electron chi connectivity index (χ2n) is 6.60. The summed E-state index contributed by atoms with van der Waals surface area (Å²) in [4.78, 5) is 10.3. The molecule has 1 aliphatic rings. The first kappa shape index (κ1) is 18.1. The normalized spacial score (nSPS) is 19.3. The summed E-state index contributed by atoms with van der Waals surface area (Å²) in [6.45, 7) is 8.28. The van der Waals surface area contributed by atoms with Gasteiger partial charge in [0.25, 0.3) is 0 Å². The smallest absolute Gasteiger partial charge is 0.335 e. The maximum absolute atomic E-state index is 10.3. The second kappa shape index (κ2) is 6.02. The number of rotatable bonds is 1. The maximum Gasteiger partial charge on any atom is 0.335 e. The van der Waals surface area contributed by atoms with E-state index in [1.165, 1.54) is 5.06 Å². The van der Waals surface area contributed by atoms with Crippen LogP contribution in [0.3, 0.4) is 0 Å². The fourth-order valence-corrected chi connectivity index (χ4v) is 2.37. The van der Waals surface area contributed by atoms with Gasteiger partial charge in [0, 0.05) is 11.1 Å². The van der Waals surface area contributed by atoms with Crippen molar-refractivity contribution in [3.8, 4) is 17.2 Å². The fourth-order valence-electron chi connectivity index (χ4n) is 2.37. The Hall–Kier alpha value is -1.99. The summed E-state index contributed by atoms with van der Waals surface area (Å²) < 4.78 is 0. The third kappa shape index (κ3) is 3.80. The number of phenols is 3. The molecule has 22 heavy (non-hydrogen) atoms. The zero-order chi connectivity index (χ0) is 17.3. The molecule has 1 heterocycles. The summed E-state index contributed by atoms with van der Waals surface area (Å²) in [5.41, 5.74) is -0.338. The Morgan fingerprint density at radius 1 is 1.00 bits per heavy atom. The van der Waals surface area contributed by atoms with Gasteiger partial charge >= 0.3 is 5.97 Å². The first-order valence-corrected chi connectivity index (χ1v) is 6.86. The average molecular weight is 313 g/mol. The van der Waals surface area contributed by atoms with Crippen LogP contribution in [0.5, 0.6) is 17.2 Å². The summed E-state index contributed by atoms with van der Waals surface area (Å²) in [6, 6.07) is 1.69. The largest absolute Gasteiger partial charge is 0.504 e. The van der Waals surface area contributed by atoms with Crippen molar-refractivity contribution in [3.63, 3.8) is 0 Å². The molecule has 1 aromatic carbocycles. The number of carboxylic acid groups (broad SMARTS) is 1. The first-order chi connectivity index (χ1) is 9.88. The second-order valence-corrected chi connectivity index (χ2v) is 6.60. The Bertz CT molecular complexity index is 528. The summed E-state index contributed by atoms with van der Waals surface area (Å²) in [5.74, 6) is -3.33. The lowest BCUT2D eigenvalue weighted by atomic mass is 10.0. The Kier molecular flexibility index (Phi) is 4.94. The highest BCUT2D eigenvalue weighted by Crippen LogP contribution is 2.38. The summed E-state index contributed by atoms with van der Waals surface area (Å²) in [5, 5.41) is 46.1. The number of hydroxylamine groups is 2. The number of phenolic OH excluding ortho intramolecular Hbond substituents is 3. The van der Waals surface area contributed by atoms with Crippen molar-refractivity contribution in [2.24, 2.45) is 0 Å². The zero-order valence-electron chi connectivity index (χ0n) is 13.2. The van der Waals surface area contributed by atoms with E-state index >= 15 is 0 Å². The summed E-state index contributed by atoms with van der Waals surface area (Å²) in [7, 11) is 0. The number of benzene rings is 1. The van der Waals surface area contributed by atoms with E-state index in [-0.39, 0.29) is 16.6 Å². The minimum absolute atomic E-state index is 0.0243. The zero-order valence-corrected chi connectivity index (χ0v) is 13.2. The van der Waals surface area contributed by atoms with E-state index < -0.39 is 23.2 Å². The van der Waals surface area contributed by atoms with Gasteiger partial charge < -0.3 is 25.6 Å². The van der Waals surface area contributed by atoms with Crippen LogP contribution in [0.2, 0.25) is 0 Å². The molecule has 0 bridgehead atoms. The molecule has 5 N–H and O–H groups in total. The van der Waals surface area contributed by atoms with Crippen LogP contribution in [0.25, 0.3) is 0 Å². The molecule has 0 atom stereocenters. The molecule has 1 saturated heterocycles. The average Bonchev–Trinajstić information content (AvgIpc) is 2.59. The molecule has 0 saturated carbocycles. The van der Waals surface area contributed by atoms with Crippen molar-refractivity contribution < 1.29 is 30.4 Å². The molecule has 1 fully saturated rings. The van der Waals surface area contributed by atoms with Crippen LogP contribution in [0, 0.1) is 0 Å².